The van der Waals surface area contributed by atoms with Gasteiger partial charge in [0.05, 0.1) is 0 Å². The van der Waals surface area contributed by atoms with Gasteiger partial charge in [-0.1, -0.05) is 26.2 Å². The molecule has 2 aromatic rings. The number of hydrogen-bond donors (Lipinski definition) is 1. The van der Waals surface area contributed by atoms with Gasteiger partial charge in [-0.25, -0.2) is 0 Å². The minimum Gasteiger partial charge on any atom is -0.359 e. The summed E-state index contributed by atoms with van der Waals surface area (Å²) in [7, 11) is 0. The molecule has 1 amide bonds. The minimum atomic E-state index is -0.154. The third-order valence-electron chi connectivity index (χ3n) is 2.96. The summed E-state index contributed by atoms with van der Waals surface area (Å²) in [5.74, 6) is -0.154. The number of amides is 1. The minimum absolute atomic E-state index is 0.154. The SMILES string of the molecule is CCCCCCNC(=O)c1ccc2c(c1)no[n+]2[O-]. The van der Waals surface area contributed by atoms with E-state index in [2.05, 4.69) is 22.0 Å². The van der Waals surface area contributed by atoms with Gasteiger partial charge >= 0.3 is 0 Å². The summed E-state index contributed by atoms with van der Waals surface area (Å²) < 4.78 is 4.45. The van der Waals surface area contributed by atoms with Gasteiger partial charge in [-0.3, -0.25) is 9.42 Å². The maximum Gasteiger partial charge on any atom is 0.251 e. The summed E-state index contributed by atoms with van der Waals surface area (Å²) in [5.41, 5.74) is 1.19. The number of carbonyl (C=O) groups is 1. The molecule has 102 valence electrons. The van der Waals surface area contributed by atoms with Crippen molar-refractivity contribution < 1.29 is 14.3 Å². The standard InChI is InChI=1S/C13H17N3O3/c1-2-3-4-5-8-14-13(17)10-6-7-12-11(9-10)15-19-16(12)18/h6-7,9H,2-5,8H2,1H3,(H,14,17). The zero-order valence-electron chi connectivity index (χ0n) is 10.9. The Kier molecular flexibility index (Phi) is 4.33. The van der Waals surface area contributed by atoms with Gasteiger partial charge < -0.3 is 10.5 Å². The Morgan fingerprint density at radius 2 is 2.26 bits per heavy atom. The van der Waals surface area contributed by atoms with E-state index in [1.54, 1.807) is 12.1 Å². The predicted octanol–water partition coefficient (Wildman–Crippen LogP) is 1.77. The maximum absolute atomic E-state index is 11.9. The van der Waals surface area contributed by atoms with Crippen LogP contribution in [0.1, 0.15) is 43.0 Å². The van der Waals surface area contributed by atoms with Crippen LogP contribution in [0.15, 0.2) is 22.8 Å². The van der Waals surface area contributed by atoms with Crippen LogP contribution in [0.25, 0.3) is 11.0 Å². The Labute approximate surface area is 110 Å². The predicted molar refractivity (Wildman–Crippen MR) is 69.4 cm³/mol. The summed E-state index contributed by atoms with van der Waals surface area (Å²) in [6.07, 6.45) is 4.46. The van der Waals surface area contributed by atoms with Crippen molar-refractivity contribution in [2.45, 2.75) is 32.6 Å². The van der Waals surface area contributed by atoms with Crippen molar-refractivity contribution >= 4 is 16.9 Å². The van der Waals surface area contributed by atoms with E-state index in [4.69, 9.17) is 0 Å². The lowest BCUT2D eigenvalue weighted by Crippen LogP contribution is -2.25. The second-order valence-electron chi connectivity index (χ2n) is 4.45. The first kappa shape index (κ1) is 13.3. The molecule has 0 aliphatic rings. The lowest BCUT2D eigenvalue weighted by molar-refractivity contribution is -0.782. The number of benzene rings is 1. The number of hydrogen-bond acceptors (Lipinski definition) is 4. The van der Waals surface area contributed by atoms with E-state index in [-0.39, 0.29) is 5.91 Å². The normalized spacial score (nSPS) is 10.8. The van der Waals surface area contributed by atoms with E-state index in [9.17, 15) is 10.0 Å². The van der Waals surface area contributed by atoms with Crippen molar-refractivity contribution in [2.24, 2.45) is 0 Å². The van der Waals surface area contributed by atoms with Crippen molar-refractivity contribution in [1.29, 1.82) is 0 Å². The monoisotopic (exact) mass is 263 g/mol. The van der Waals surface area contributed by atoms with Crippen LogP contribution >= 0.6 is 0 Å². The zero-order valence-corrected chi connectivity index (χ0v) is 10.9. The molecule has 1 N–H and O–H groups in total. The van der Waals surface area contributed by atoms with Crippen molar-refractivity contribution in [3.8, 4) is 0 Å². The van der Waals surface area contributed by atoms with Crippen LogP contribution in [-0.2, 0) is 0 Å². The number of unbranched alkanes of at least 4 members (excludes halogenated alkanes) is 3. The highest BCUT2D eigenvalue weighted by Crippen LogP contribution is 2.10. The molecular weight excluding hydrogens is 246 g/mol. The van der Waals surface area contributed by atoms with Crippen LogP contribution in [0.5, 0.6) is 0 Å². The van der Waals surface area contributed by atoms with E-state index < -0.39 is 0 Å². The smallest absolute Gasteiger partial charge is 0.251 e. The van der Waals surface area contributed by atoms with Gasteiger partial charge in [-0.05, 0) is 23.5 Å². The quantitative estimate of drug-likeness (QED) is 0.636. The highest BCUT2D eigenvalue weighted by molar-refractivity contribution is 5.96. The molecular formula is C13H17N3O3. The molecule has 0 aliphatic heterocycles. The van der Waals surface area contributed by atoms with Gasteiger partial charge in [0.15, 0.2) is 0 Å². The van der Waals surface area contributed by atoms with Crippen LogP contribution in [0.4, 0.5) is 0 Å². The van der Waals surface area contributed by atoms with Crippen LogP contribution in [0, 0.1) is 5.21 Å². The molecule has 0 aliphatic carbocycles. The second-order valence-corrected chi connectivity index (χ2v) is 4.45. The van der Waals surface area contributed by atoms with Gasteiger partial charge in [0.2, 0.25) is 11.0 Å². The molecule has 1 aromatic carbocycles. The van der Waals surface area contributed by atoms with E-state index in [1.807, 2.05) is 0 Å². The summed E-state index contributed by atoms with van der Waals surface area (Å²) in [6, 6.07) is 4.68. The molecule has 19 heavy (non-hydrogen) atoms. The molecule has 6 heteroatoms. The van der Waals surface area contributed by atoms with Gasteiger partial charge in [0.1, 0.15) is 0 Å². The molecule has 0 saturated heterocycles. The number of rotatable bonds is 6. The highest BCUT2D eigenvalue weighted by Gasteiger charge is 2.13. The molecule has 0 fully saturated rings. The summed E-state index contributed by atoms with van der Waals surface area (Å²) >= 11 is 0. The topological polar surface area (TPSA) is 82.1 Å². The molecule has 1 aromatic heterocycles. The van der Waals surface area contributed by atoms with Crippen LogP contribution in [0.3, 0.4) is 0 Å². The van der Waals surface area contributed by atoms with Crippen LogP contribution in [-0.4, -0.2) is 17.6 Å². The summed E-state index contributed by atoms with van der Waals surface area (Å²) in [5, 5.41) is 17.5. The fraction of sp³-hybridized carbons (Fsp3) is 0.462. The van der Waals surface area contributed by atoms with E-state index in [0.717, 1.165) is 12.8 Å². The van der Waals surface area contributed by atoms with E-state index in [1.165, 1.54) is 18.9 Å². The van der Waals surface area contributed by atoms with Crippen LogP contribution < -0.4 is 10.2 Å². The highest BCUT2D eigenvalue weighted by atomic mass is 16.8. The van der Waals surface area contributed by atoms with Gasteiger partial charge in [-0.2, -0.15) is 0 Å². The van der Waals surface area contributed by atoms with Crippen molar-refractivity contribution in [3.63, 3.8) is 0 Å². The molecule has 0 radical (unpaired) electrons. The first-order valence-electron chi connectivity index (χ1n) is 6.50. The summed E-state index contributed by atoms with van der Waals surface area (Å²) in [6.45, 7) is 2.81. The Balaban J connectivity index is 1.93. The lowest BCUT2D eigenvalue weighted by atomic mass is 10.1. The molecule has 2 rings (SSSR count). The average molecular weight is 263 g/mol. The molecule has 0 unspecified atom stereocenters. The molecule has 0 saturated carbocycles. The van der Waals surface area contributed by atoms with Gasteiger partial charge in [-0.15, -0.1) is 0 Å². The summed E-state index contributed by atoms with van der Waals surface area (Å²) in [4.78, 5) is 12.2. The maximum atomic E-state index is 11.9. The van der Waals surface area contributed by atoms with Crippen molar-refractivity contribution in [2.75, 3.05) is 6.54 Å². The molecule has 0 atom stereocenters. The van der Waals surface area contributed by atoms with Crippen molar-refractivity contribution in [3.05, 3.63) is 29.0 Å². The largest absolute Gasteiger partial charge is 0.359 e. The van der Waals surface area contributed by atoms with Crippen LogP contribution in [0.2, 0.25) is 0 Å². The molecule has 0 bridgehead atoms. The second kappa shape index (κ2) is 6.17. The number of carbonyl (C=O) groups excluding carboxylic acids is 1. The number of nitrogens with one attached hydrogen (secondary N) is 1. The fourth-order valence-electron chi connectivity index (χ4n) is 1.87. The molecule has 6 nitrogen and oxygen atoms in total. The molecule has 1 heterocycles. The lowest BCUT2D eigenvalue weighted by Gasteiger charge is -2.04. The van der Waals surface area contributed by atoms with Crippen molar-refractivity contribution in [1.82, 2.24) is 10.5 Å². The molecule has 0 spiro atoms. The number of fused-ring (bicyclic) bond motifs is 1. The van der Waals surface area contributed by atoms with Gasteiger partial charge in [0.25, 0.3) is 5.91 Å². The average Bonchev–Trinajstić information content (AvgIpc) is 2.79. The zero-order chi connectivity index (χ0) is 13.7. The Bertz CT molecular complexity index is 565. The number of aromatic nitrogens is 2. The van der Waals surface area contributed by atoms with E-state index in [0.29, 0.717) is 28.0 Å². The van der Waals surface area contributed by atoms with E-state index >= 15 is 0 Å². The fourth-order valence-corrected chi connectivity index (χ4v) is 1.87. The third-order valence-corrected chi connectivity index (χ3v) is 2.96. The van der Waals surface area contributed by atoms with Gasteiger partial charge in [0, 0.05) is 23.3 Å². The first-order valence-corrected chi connectivity index (χ1v) is 6.50. The Hall–Kier alpha value is -2.11. The number of nitrogens with zero attached hydrogens (tertiary/aromatic N) is 2. The first-order chi connectivity index (χ1) is 9.22. The Morgan fingerprint density at radius 3 is 3.05 bits per heavy atom. The third kappa shape index (κ3) is 3.21. The Morgan fingerprint density at radius 1 is 1.42 bits per heavy atom.